The molecule has 0 amide bonds. The molecule has 2 aliphatic rings. The minimum Gasteiger partial charge on any atom is -0.309 e. The first-order chi connectivity index (χ1) is 16.9. The maximum absolute atomic E-state index is 5.29. The van der Waals surface area contributed by atoms with Crippen molar-refractivity contribution in [2.45, 2.75) is 31.1 Å². The molecule has 2 unspecified atom stereocenters. The van der Waals surface area contributed by atoms with Crippen LogP contribution in [-0.4, -0.2) is 9.55 Å². The second-order valence-electron chi connectivity index (χ2n) is 9.93. The summed E-state index contributed by atoms with van der Waals surface area (Å²) in [5.74, 6) is 1.36. The van der Waals surface area contributed by atoms with Crippen LogP contribution in [0.25, 0.3) is 49.7 Å². The van der Waals surface area contributed by atoms with Gasteiger partial charge in [0.2, 0.25) is 0 Å². The molecular weight excluding hydrogens is 412 g/mol. The van der Waals surface area contributed by atoms with Crippen LogP contribution < -0.4 is 0 Å². The molecule has 2 aliphatic carbocycles. The van der Waals surface area contributed by atoms with Crippen LogP contribution in [0.3, 0.4) is 0 Å². The Morgan fingerprint density at radius 3 is 2.21 bits per heavy atom. The van der Waals surface area contributed by atoms with Crippen LogP contribution in [0.5, 0.6) is 0 Å². The van der Waals surface area contributed by atoms with E-state index in [0.29, 0.717) is 11.8 Å². The van der Waals surface area contributed by atoms with E-state index in [1.165, 1.54) is 69.0 Å². The van der Waals surface area contributed by atoms with Crippen LogP contribution in [0.1, 0.15) is 42.2 Å². The quantitative estimate of drug-likeness (QED) is 0.267. The number of hydrogen-bond acceptors (Lipinski definition) is 1. The van der Waals surface area contributed by atoms with E-state index in [2.05, 4.69) is 102 Å². The zero-order valence-electron chi connectivity index (χ0n) is 18.9. The van der Waals surface area contributed by atoms with E-state index in [-0.39, 0.29) is 0 Å². The third-order valence-corrected chi connectivity index (χ3v) is 8.18. The molecule has 2 heteroatoms. The molecule has 8 rings (SSSR count). The lowest BCUT2D eigenvalue weighted by molar-refractivity contribution is 0.720. The molecule has 0 radical (unpaired) electrons. The highest BCUT2D eigenvalue weighted by Gasteiger charge is 2.40. The fraction of sp³-hybridized carbons (Fsp3) is 0.156. The number of para-hydroxylation sites is 3. The molecule has 1 saturated carbocycles. The smallest absolute Gasteiger partial charge is 0.0748 e. The summed E-state index contributed by atoms with van der Waals surface area (Å²) in [6, 6.07) is 35.2. The highest BCUT2D eigenvalue weighted by atomic mass is 15.0. The Bertz CT molecular complexity index is 1740. The zero-order valence-corrected chi connectivity index (χ0v) is 18.9. The number of nitrogens with zero attached hydrogens (tertiary/aromatic N) is 2. The predicted octanol–water partition coefficient (Wildman–Crippen LogP) is 8.36. The zero-order chi connectivity index (χ0) is 22.2. The number of aromatic nitrogens is 2. The van der Waals surface area contributed by atoms with Crippen LogP contribution in [0.4, 0.5) is 0 Å². The van der Waals surface area contributed by atoms with Gasteiger partial charge in [-0.15, -0.1) is 0 Å². The van der Waals surface area contributed by atoms with E-state index in [0.717, 1.165) is 5.52 Å². The third kappa shape index (κ3) is 2.43. The minimum atomic E-state index is 0.655. The van der Waals surface area contributed by atoms with Gasteiger partial charge in [-0.05, 0) is 72.6 Å². The molecule has 4 aromatic carbocycles. The molecular formula is C32H24N2. The fourth-order valence-corrected chi connectivity index (χ4v) is 6.80. The molecule has 2 heterocycles. The molecule has 0 spiro atoms. The SMILES string of the molecule is c1ccc(-n2c3ccccc3c3ccc(-c4nc5ccccc5c5c4C4CCC5C4)cc32)cc1. The molecule has 2 atom stereocenters. The van der Waals surface area contributed by atoms with Gasteiger partial charge in [-0.3, -0.25) is 0 Å². The van der Waals surface area contributed by atoms with Crippen molar-refractivity contribution in [1.82, 2.24) is 9.55 Å². The van der Waals surface area contributed by atoms with Crippen molar-refractivity contribution in [2.24, 2.45) is 0 Å². The van der Waals surface area contributed by atoms with Crippen LogP contribution in [0.2, 0.25) is 0 Å². The Labute approximate surface area is 198 Å². The molecule has 0 aliphatic heterocycles. The van der Waals surface area contributed by atoms with Crippen LogP contribution in [0.15, 0.2) is 97.1 Å². The van der Waals surface area contributed by atoms with Gasteiger partial charge in [0.25, 0.3) is 0 Å². The number of rotatable bonds is 2. The highest BCUT2D eigenvalue weighted by molar-refractivity contribution is 6.10. The normalized spacial score (nSPS) is 18.8. The van der Waals surface area contributed by atoms with Gasteiger partial charge >= 0.3 is 0 Å². The van der Waals surface area contributed by atoms with E-state index in [4.69, 9.17) is 4.98 Å². The average molecular weight is 437 g/mol. The molecule has 0 saturated heterocycles. The van der Waals surface area contributed by atoms with Crippen LogP contribution in [0, 0.1) is 0 Å². The van der Waals surface area contributed by atoms with E-state index >= 15 is 0 Å². The Morgan fingerprint density at radius 2 is 1.32 bits per heavy atom. The summed E-state index contributed by atoms with van der Waals surface area (Å²) in [5, 5.41) is 3.96. The molecule has 2 aromatic heterocycles. The predicted molar refractivity (Wildman–Crippen MR) is 141 cm³/mol. The maximum Gasteiger partial charge on any atom is 0.0748 e. The van der Waals surface area contributed by atoms with Gasteiger partial charge in [0.15, 0.2) is 0 Å². The van der Waals surface area contributed by atoms with E-state index < -0.39 is 0 Å². The van der Waals surface area contributed by atoms with Crippen LogP contribution in [-0.2, 0) is 0 Å². The van der Waals surface area contributed by atoms with Crippen molar-refractivity contribution in [3.05, 3.63) is 108 Å². The number of hydrogen-bond donors (Lipinski definition) is 0. The fourth-order valence-electron chi connectivity index (χ4n) is 6.80. The Morgan fingerprint density at radius 1 is 0.618 bits per heavy atom. The van der Waals surface area contributed by atoms with Crippen molar-refractivity contribution >= 4 is 32.7 Å². The van der Waals surface area contributed by atoms with Gasteiger partial charge in [-0.25, -0.2) is 4.98 Å². The minimum absolute atomic E-state index is 0.655. The van der Waals surface area contributed by atoms with Crippen molar-refractivity contribution in [1.29, 1.82) is 0 Å². The van der Waals surface area contributed by atoms with Crippen LogP contribution >= 0.6 is 0 Å². The van der Waals surface area contributed by atoms with Gasteiger partial charge in [-0.1, -0.05) is 66.7 Å². The van der Waals surface area contributed by atoms with Gasteiger partial charge in [0, 0.05) is 27.4 Å². The summed E-state index contributed by atoms with van der Waals surface area (Å²) in [5.41, 5.74) is 10.4. The monoisotopic (exact) mass is 436 g/mol. The Hall–Kier alpha value is -3.91. The second kappa shape index (κ2) is 6.80. The van der Waals surface area contributed by atoms with Gasteiger partial charge in [-0.2, -0.15) is 0 Å². The first-order valence-corrected chi connectivity index (χ1v) is 12.4. The summed E-state index contributed by atoms with van der Waals surface area (Å²) >= 11 is 0. The number of fused-ring (bicyclic) bond motifs is 10. The summed E-state index contributed by atoms with van der Waals surface area (Å²) < 4.78 is 2.40. The third-order valence-electron chi connectivity index (χ3n) is 8.18. The highest BCUT2D eigenvalue weighted by Crippen LogP contribution is 2.57. The summed E-state index contributed by atoms with van der Waals surface area (Å²) in [4.78, 5) is 5.29. The lowest BCUT2D eigenvalue weighted by Crippen LogP contribution is -2.04. The van der Waals surface area contributed by atoms with Gasteiger partial charge in [0.1, 0.15) is 0 Å². The van der Waals surface area contributed by atoms with Gasteiger partial charge in [0.05, 0.1) is 22.2 Å². The number of pyridine rings is 1. The lowest BCUT2D eigenvalue weighted by atomic mass is 9.86. The lowest BCUT2D eigenvalue weighted by Gasteiger charge is -2.21. The molecule has 34 heavy (non-hydrogen) atoms. The molecule has 0 N–H and O–H groups in total. The topological polar surface area (TPSA) is 17.8 Å². The van der Waals surface area contributed by atoms with Crippen molar-refractivity contribution in [3.63, 3.8) is 0 Å². The summed E-state index contributed by atoms with van der Waals surface area (Å²) in [6.45, 7) is 0. The van der Waals surface area contributed by atoms with E-state index in [1.54, 1.807) is 5.56 Å². The first kappa shape index (κ1) is 18.5. The summed E-state index contributed by atoms with van der Waals surface area (Å²) in [7, 11) is 0. The maximum atomic E-state index is 5.29. The largest absolute Gasteiger partial charge is 0.309 e. The average Bonchev–Trinajstić information content (AvgIpc) is 3.61. The van der Waals surface area contributed by atoms with E-state index in [9.17, 15) is 0 Å². The Balaban J connectivity index is 1.46. The standard InChI is InChI=1S/C32H24N2/c1-2-8-23(9-3-1)34-28-13-7-5-10-24(28)25-17-16-22(19-29(25)34)32-31-21-15-14-20(18-21)30(31)26-11-4-6-12-27(26)33-32/h1-13,16-17,19-21H,14-15,18H2. The molecule has 2 bridgehead atoms. The summed E-state index contributed by atoms with van der Waals surface area (Å²) in [6.07, 6.45) is 3.92. The molecule has 1 fully saturated rings. The van der Waals surface area contributed by atoms with Crippen molar-refractivity contribution in [3.8, 4) is 16.9 Å². The molecule has 2 nitrogen and oxygen atoms in total. The molecule has 162 valence electrons. The van der Waals surface area contributed by atoms with Crippen molar-refractivity contribution < 1.29 is 0 Å². The van der Waals surface area contributed by atoms with Gasteiger partial charge < -0.3 is 4.57 Å². The second-order valence-corrected chi connectivity index (χ2v) is 9.93. The Kier molecular flexibility index (Phi) is 3.70. The number of benzene rings is 4. The molecule has 6 aromatic rings. The first-order valence-electron chi connectivity index (χ1n) is 12.4. The van der Waals surface area contributed by atoms with Crippen molar-refractivity contribution in [2.75, 3.05) is 0 Å². The van der Waals surface area contributed by atoms with E-state index in [1.807, 2.05) is 0 Å².